The second kappa shape index (κ2) is 14.4. The summed E-state index contributed by atoms with van der Waals surface area (Å²) in [6.45, 7) is 9.01. The first-order valence-corrected chi connectivity index (χ1v) is 18.1. The molecule has 1 aliphatic heterocycles. The van der Waals surface area contributed by atoms with E-state index in [1.165, 1.54) is 19.3 Å². The minimum Gasteiger partial charge on any atom is -0.497 e. The molecule has 49 heavy (non-hydrogen) atoms. The summed E-state index contributed by atoms with van der Waals surface area (Å²) in [6, 6.07) is 6.38. The number of imidazole rings is 1. The highest BCUT2D eigenvalue weighted by molar-refractivity contribution is 5.82. The Labute approximate surface area is 289 Å². The topological polar surface area (TPSA) is 122 Å². The minimum atomic E-state index is -0.658. The van der Waals surface area contributed by atoms with Crippen molar-refractivity contribution < 1.29 is 28.5 Å². The molecule has 4 atom stereocenters. The van der Waals surface area contributed by atoms with Crippen LogP contribution >= 0.6 is 0 Å². The molecule has 0 amide bonds. The molecule has 12 heteroatoms. The van der Waals surface area contributed by atoms with Gasteiger partial charge in [0.15, 0.2) is 17.3 Å². The van der Waals surface area contributed by atoms with E-state index in [-0.39, 0.29) is 24.2 Å². The lowest BCUT2D eigenvalue weighted by Crippen LogP contribution is -2.50. The molecule has 4 fully saturated rings. The van der Waals surface area contributed by atoms with Crippen LogP contribution in [0, 0.1) is 17.8 Å². The van der Waals surface area contributed by atoms with Gasteiger partial charge in [-0.2, -0.15) is 0 Å². The van der Waals surface area contributed by atoms with Gasteiger partial charge >= 0.3 is 5.97 Å². The van der Waals surface area contributed by atoms with Crippen LogP contribution in [-0.2, 0) is 25.5 Å². The molecule has 3 aliphatic carbocycles. The zero-order valence-electron chi connectivity index (χ0n) is 29.6. The maximum atomic E-state index is 12.0. The molecular weight excluding hydrogens is 624 g/mol. The number of nitrogens with zero attached hydrogens (tertiary/aromatic N) is 5. The summed E-state index contributed by atoms with van der Waals surface area (Å²) in [5.74, 6) is 3.12. The van der Waals surface area contributed by atoms with E-state index in [4.69, 9.17) is 33.7 Å². The fourth-order valence-electron chi connectivity index (χ4n) is 8.38. The van der Waals surface area contributed by atoms with Crippen LogP contribution in [0.2, 0.25) is 0 Å². The first kappa shape index (κ1) is 34.0. The molecule has 3 saturated carbocycles. The number of fused-ring (bicyclic) bond motifs is 2. The summed E-state index contributed by atoms with van der Waals surface area (Å²) in [5, 5.41) is 3.46. The summed E-state index contributed by atoms with van der Waals surface area (Å²) in [6.07, 6.45) is 12.0. The molecule has 7 rings (SSSR count). The van der Waals surface area contributed by atoms with Crippen LogP contribution in [0.25, 0.3) is 11.2 Å². The second-order valence-corrected chi connectivity index (χ2v) is 14.8. The van der Waals surface area contributed by atoms with Crippen LogP contribution in [0.1, 0.15) is 83.7 Å². The fourth-order valence-corrected chi connectivity index (χ4v) is 8.38. The molecular formula is C37H52N6O6. The maximum absolute atomic E-state index is 12.0. The van der Waals surface area contributed by atoms with Crippen molar-refractivity contribution in [1.29, 1.82) is 0 Å². The summed E-state index contributed by atoms with van der Waals surface area (Å²) >= 11 is 0. The number of esters is 1. The van der Waals surface area contributed by atoms with Gasteiger partial charge in [-0.25, -0.2) is 15.0 Å². The smallest absolute Gasteiger partial charge is 0.305 e. The van der Waals surface area contributed by atoms with Crippen LogP contribution in [0.4, 0.5) is 5.82 Å². The van der Waals surface area contributed by atoms with E-state index in [9.17, 15) is 4.79 Å². The molecule has 2 aromatic heterocycles. The van der Waals surface area contributed by atoms with Gasteiger partial charge in [-0.15, -0.1) is 0 Å². The maximum Gasteiger partial charge on any atom is 0.305 e. The summed E-state index contributed by atoms with van der Waals surface area (Å²) in [4.78, 5) is 28.8. The Kier molecular flexibility index (Phi) is 9.99. The van der Waals surface area contributed by atoms with E-state index >= 15 is 0 Å². The van der Waals surface area contributed by atoms with Gasteiger partial charge in [-0.1, -0.05) is 6.42 Å². The monoisotopic (exact) mass is 676 g/mol. The Morgan fingerprint density at radius 1 is 1.04 bits per heavy atom. The Bertz CT molecular complexity index is 1600. The van der Waals surface area contributed by atoms with E-state index < -0.39 is 5.79 Å². The number of carbonyl (C=O) groups is 1. The van der Waals surface area contributed by atoms with Gasteiger partial charge in [0, 0.05) is 49.6 Å². The largest absolute Gasteiger partial charge is 0.497 e. The molecule has 0 spiro atoms. The van der Waals surface area contributed by atoms with Gasteiger partial charge < -0.3 is 33.6 Å². The molecule has 12 nitrogen and oxygen atoms in total. The van der Waals surface area contributed by atoms with Crippen molar-refractivity contribution in [3.8, 4) is 11.5 Å². The van der Waals surface area contributed by atoms with E-state index in [0.29, 0.717) is 43.3 Å². The van der Waals surface area contributed by atoms with Crippen LogP contribution < -0.4 is 14.8 Å². The van der Waals surface area contributed by atoms with Crippen LogP contribution in [-0.4, -0.2) is 88.3 Å². The lowest BCUT2D eigenvalue weighted by Gasteiger charge is -2.46. The summed E-state index contributed by atoms with van der Waals surface area (Å²) in [7, 11) is 3.30. The number of rotatable bonds is 15. The molecule has 0 unspecified atom stereocenters. The van der Waals surface area contributed by atoms with Crippen molar-refractivity contribution in [2.45, 2.75) is 109 Å². The average Bonchev–Trinajstić information content (AvgIpc) is 3.71. The Morgan fingerprint density at radius 3 is 2.59 bits per heavy atom. The van der Waals surface area contributed by atoms with Gasteiger partial charge in [0.05, 0.1) is 39.3 Å². The highest BCUT2D eigenvalue weighted by atomic mass is 16.8. The normalized spacial score (nSPS) is 27.5. The minimum absolute atomic E-state index is 0.0111. The number of carbonyl (C=O) groups excluding carboxylic acids is 1. The zero-order valence-corrected chi connectivity index (χ0v) is 29.6. The number of nitrogens with one attached hydrogen (secondary N) is 1. The lowest BCUT2D eigenvalue weighted by atomic mass is 9.75. The van der Waals surface area contributed by atoms with Crippen molar-refractivity contribution in [2.24, 2.45) is 17.8 Å². The predicted octanol–water partition coefficient (Wildman–Crippen LogP) is 5.76. The third kappa shape index (κ3) is 7.23. The van der Waals surface area contributed by atoms with Crippen molar-refractivity contribution >= 4 is 23.0 Å². The Balaban J connectivity index is 1.07. The lowest BCUT2D eigenvalue weighted by molar-refractivity contribution is -0.161. The third-order valence-electron chi connectivity index (χ3n) is 11.2. The molecule has 3 heterocycles. The summed E-state index contributed by atoms with van der Waals surface area (Å²) < 4.78 is 31.6. The zero-order chi connectivity index (χ0) is 34.1. The number of benzene rings is 1. The highest BCUT2D eigenvalue weighted by Gasteiger charge is 2.55. The molecule has 1 aromatic carbocycles. The van der Waals surface area contributed by atoms with Crippen molar-refractivity contribution in [3.63, 3.8) is 0 Å². The van der Waals surface area contributed by atoms with Gasteiger partial charge in [0.25, 0.3) is 0 Å². The van der Waals surface area contributed by atoms with E-state index in [1.807, 2.05) is 45.3 Å². The van der Waals surface area contributed by atoms with Crippen LogP contribution in [0.3, 0.4) is 0 Å². The quantitative estimate of drug-likeness (QED) is 0.198. The second-order valence-electron chi connectivity index (χ2n) is 14.8. The van der Waals surface area contributed by atoms with Crippen molar-refractivity contribution in [2.75, 3.05) is 39.2 Å². The predicted molar refractivity (Wildman–Crippen MR) is 184 cm³/mol. The number of methoxy groups -OCH3 is 2. The molecule has 0 radical (unpaired) electrons. The fraction of sp³-hybridized carbons (Fsp3) is 0.676. The average molecular weight is 677 g/mol. The number of hydrogen-bond donors (Lipinski definition) is 1. The van der Waals surface area contributed by atoms with E-state index in [0.717, 1.165) is 72.9 Å². The third-order valence-corrected chi connectivity index (χ3v) is 11.2. The molecule has 4 aliphatic rings. The van der Waals surface area contributed by atoms with Gasteiger partial charge in [0.2, 0.25) is 0 Å². The van der Waals surface area contributed by atoms with Crippen molar-refractivity contribution in [3.05, 3.63) is 36.4 Å². The van der Waals surface area contributed by atoms with Crippen LogP contribution in [0.5, 0.6) is 11.5 Å². The van der Waals surface area contributed by atoms with Crippen LogP contribution in [0.15, 0.2) is 30.9 Å². The van der Waals surface area contributed by atoms with E-state index in [1.54, 1.807) is 20.5 Å². The number of hydrogen-bond acceptors (Lipinski definition) is 11. The summed E-state index contributed by atoms with van der Waals surface area (Å²) in [5.41, 5.74) is 2.49. The molecule has 1 saturated heterocycles. The number of aromatic nitrogens is 4. The van der Waals surface area contributed by atoms with Gasteiger partial charge in [-0.3, -0.25) is 9.69 Å². The van der Waals surface area contributed by atoms with Gasteiger partial charge in [-0.05, 0) is 83.3 Å². The SMILES string of the molecule is CCOC(=O)CC[C@H]1C[C@@H](N(CC2CCC2)C[C@H]2C[C@@H](n3cnc4c(NCc5ccc(OC)cc5OC)ncnc43)[C@@H]3OC(C)(C)O[C@H]23)C1. The molecule has 3 aromatic rings. The molecule has 1 N–H and O–H groups in total. The standard InChI is InChI=1S/C37H52N6O6/c1-6-47-31(44)13-10-24-14-27(15-24)42(19-23-8-7-9-23)20-26-16-29(34-33(26)48-37(2,3)49-34)43-22-41-32-35(39-21-40-36(32)43)38-18-25-11-12-28(45-4)17-30(25)46-5/h11-12,17,21-24,26-27,29,33-34H,6-10,13-16,18-20H2,1-5H3,(H,38,39,40)/t24-,26-,27+,29-,33-,34+/m1/s1. The Hall–Kier alpha value is -3.48. The molecule has 0 bridgehead atoms. The highest BCUT2D eigenvalue weighted by Crippen LogP contribution is 2.49. The first-order chi connectivity index (χ1) is 23.7. The molecule has 266 valence electrons. The van der Waals surface area contributed by atoms with Gasteiger partial charge in [0.1, 0.15) is 29.4 Å². The number of anilines is 1. The van der Waals surface area contributed by atoms with E-state index in [2.05, 4.69) is 19.8 Å². The Morgan fingerprint density at radius 2 is 1.86 bits per heavy atom. The van der Waals surface area contributed by atoms with Crippen molar-refractivity contribution in [1.82, 2.24) is 24.4 Å². The first-order valence-electron chi connectivity index (χ1n) is 18.1. The number of ether oxygens (including phenoxy) is 5.